The number of nitrogens with zero attached hydrogens (tertiary/aromatic N) is 3. The van der Waals surface area contributed by atoms with Gasteiger partial charge in [-0.3, -0.25) is 4.79 Å². The molecule has 0 radical (unpaired) electrons. The largest absolute Gasteiger partial charge is 0.353 e. The molecule has 0 atom stereocenters. The van der Waals surface area contributed by atoms with E-state index in [-0.39, 0.29) is 5.78 Å². The maximum absolute atomic E-state index is 11.9. The number of carbonyl (C=O) groups is 1. The van der Waals surface area contributed by atoms with E-state index in [1.807, 2.05) is 38.1 Å². The molecule has 2 aromatic heterocycles. The quantitative estimate of drug-likeness (QED) is 0.627. The molecule has 0 aliphatic rings. The van der Waals surface area contributed by atoms with Crippen molar-refractivity contribution < 1.29 is 4.79 Å². The van der Waals surface area contributed by atoms with Crippen LogP contribution in [0.15, 0.2) is 16.5 Å². The molecule has 0 saturated heterocycles. The maximum Gasteiger partial charge on any atom is 0.208 e. The molecule has 0 spiro atoms. The minimum Gasteiger partial charge on any atom is -0.353 e. The summed E-state index contributed by atoms with van der Waals surface area (Å²) in [4.78, 5) is 15.8. The van der Waals surface area contributed by atoms with E-state index in [1.165, 1.54) is 34.4 Å². The predicted octanol–water partition coefficient (Wildman–Crippen LogP) is 2.95. The van der Waals surface area contributed by atoms with Crippen molar-refractivity contribution in [1.29, 1.82) is 0 Å². The summed E-state index contributed by atoms with van der Waals surface area (Å²) in [7, 11) is 3.85. The van der Waals surface area contributed by atoms with Gasteiger partial charge in [-0.25, -0.2) is 0 Å². The van der Waals surface area contributed by atoms with Crippen LogP contribution in [-0.2, 0) is 0 Å². The van der Waals surface area contributed by atoms with Crippen molar-refractivity contribution in [2.75, 3.05) is 24.7 Å². The fourth-order valence-corrected chi connectivity index (χ4v) is 3.77. The Hall–Kier alpha value is -0.920. The third-order valence-electron chi connectivity index (χ3n) is 2.12. The lowest BCUT2D eigenvalue weighted by Crippen LogP contribution is -2.07. The second-order valence-corrected chi connectivity index (χ2v) is 7.33. The monoisotopic (exact) mass is 299 g/mol. The average Bonchev–Trinajstić information content (AvgIpc) is 2.94. The summed E-state index contributed by atoms with van der Waals surface area (Å²) in [5.74, 6) is 0.571. The Morgan fingerprint density at radius 2 is 2.11 bits per heavy atom. The van der Waals surface area contributed by atoms with Crippen LogP contribution in [0.2, 0.25) is 0 Å². The molecular formula is C11H13N3OS3. The molecule has 0 bridgehead atoms. The van der Waals surface area contributed by atoms with Crippen molar-refractivity contribution in [2.45, 2.75) is 11.3 Å². The second kappa shape index (κ2) is 5.81. The molecule has 4 nitrogen and oxygen atoms in total. The minimum atomic E-state index is 0.153. The Balaban J connectivity index is 1.93. The van der Waals surface area contributed by atoms with Gasteiger partial charge < -0.3 is 4.90 Å². The van der Waals surface area contributed by atoms with Gasteiger partial charge in [0.15, 0.2) is 10.1 Å². The van der Waals surface area contributed by atoms with Gasteiger partial charge in [-0.15, -0.1) is 21.5 Å². The molecular weight excluding hydrogens is 286 g/mol. The van der Waals surface area contributed by atoms with Crippen molar-refractivity contribution >= 4 is 45.4 Å². The number of carbonyl (C=O) groups excluding carboxylic acids is 1. The Labute approximate surface area is 118 Å². The van der Waals surface area contributed by atoms with E-state index in [0.717, 1.165) is 19.2 Å². The fraction of sp³-hybridized carbons (Fsp3) is 0.364. The highest BCUT2D eigenvalue weighted by molar-refractivity contribution is 8.01. The third kappa shape index (κ3) is 3.30. The Kier molecular flexibility index (Phi) is 4.36. The first-order valence-electron chi connectivity index (χ1n) is 5.29. The third-order valence-corrected chi connectivity index (χ3v) is 5.39. The van der Waals surface area contributed by atoms with E-state index < -0.39 is 0 Å². The molecule has 96 valence electrons. The van der Waals surface area contributed by atoms with Gasteiger partial charge >= 0.3 is 0 Å². The molecule has 2 heterocycles. The summed E-state index contributed by atoms with van der Waals surface area (Å²) >= 11 is 4.48. The van der Waals surface area contributed by atoms with E-state index in [4.69, 9.17) is 0 Å². The van der Waals surface area contributed by atoms with Gasteiger partial charge in [0, 0.05) is 19.0 Å². The SMILES string of the molecule is Cc1ccc(C(=O)CSc2nnc(N(C)C)s2)s1. The van der Waals surface area contributed by atoms with Gasteiger partial charge in [-0.2, -0.15) is 0 Å². The summed E-state index contributed by atoms with van der Waals surface area (Å²) in [6, 6.07) is 3.85. The fourth-order valence-electron chi connectivity index (χ4n) is 1.22. The van der Waals surface area contributed by atoms with Crippen molar-refractivity contribution in [3.8, 4) is 0 Å². The van der Waals surface area contributed by atoms with Crippen LogP contribution in [0.25, 0.3) is 0 Å². The molecule has 0 aliphatic heterocycles. The van der Waals surface area contributed by atoms with Crippen LogP contribution < -0.4 is 4.90 Å². The molecule has 18 heavy (non-hydrogen) atoms. The zero-order valence-electron chi connectivity index (χ0n) is 10.3. The normalized spacial score (nSPS) is 10.6. The van der Waals surface area contributed by atoms with Gasteiger partial charge in [0.1, 0.15) is 0 Å². The highest BCUT2D eigenvalue weighted by atomic mass is 32.2. The van der Waals surface area contributed by atoms with Crippen molar-refractivity contribution in [3.63, 3.8) is 0 Å². The van der Waals surface area contributed by atoms with E-state index in [9.17, 15) is 4.79 Å². The van der Waals surface area contributed by atoms with E-state index in [2.05, 4.69) is 10.2 Å². The first kappa shape index (κ1) is 13.5. The molecule has 0 unspecified atom stereocenters. The lowest BCUT2D eigenvalue weighted by molar-refractivity contribution is 0.102. The number of thioether (sulfide) groups is 1. The minimum absolute atomic E-state index is 0.153. The molecule has 0 amide bonds. The van der Waals surface area contributed by atoms with Crippen molar-refractivity contribution in [3.05, 3.63) is 21.9 Å². The van der Waals surface area contributed by atoms with Crippen LogP contribution in [0, 0.1) is 6.92 Å². The Morgan fingerprint density at radius 1 is 1.33 bits per heavy atom. The molecule has 7 heteroatoms. The number of ketones is 1. The van der Waals surface area contributed by atoms with Crippen LogP contribution in [0.4, 0.5) is 5.13 Å². The van der Waals surface area contributed by atoms with Crippen LogP contribution in [-0.4, -0.2) is 35.8 Å². The molecule has 2 aromatic rings. The van der Waals surface area contributed by atoms with Gasteiger partial charge in [0.2, 0.25) is 5.13 Å². The van der Waals surface area contributed by atoms with Crippen LogP contribution in [0.1, 0.15) is 14.5 Å². The molecule has 2 rings (SSSR count). The number of hydrogen-bond donors (Lipinski definition) is 0. The first-order valence-corrected chi connectivity index (χ1v) is 7.91. The number of aromatic nitrogens is 2. The van der Waals surface area contributed by atoms with E-state index in [1.54, 1.807) is 0 Å². The zero-order chi connectivity index (χ0) is 13.1. The summed E-state index contributed by atoms with van der Waals surface area (Å²) in [5, 5.41) is 8.94. The summed E-state index contributed by atoms with van der Waals surface area (Å²) < 4.78 is 0.834. The number of hydrogen-bond acceptors (Lipinski definition) is 7. The number of rotatable bonds is 5. The van der Waals surface area contributed by atoms with Crippen molar-refractivity contribution in [2.24, 2.45) is 0 Å². The molecule has 0 saturated carbocycles. The van der Waals surface area contributed by atoms with E-state index in [0.29, 0.717) is 5.75 Å². The lowest BCUT2D eigenvalue weighted by Gasteiger charge is -2.03. The van der Waals surface area contributed by atoms with Gasteiger partial charge in [0.25, 0.3) is 0 Å². The number of anilines is 1. The highest BCUT2D eigenvalue weighted by Gasteiger charge is 2.12. The van der Waals surface area contributed by atoms with Crippen molar-refractivity contribution in [1.82, 2.24) is 10.2 Å². The highest BCUT2D eigenvalue weighted by Crippen LogP contribution is 2.28. The maximum atomic E-state index is 11.9. The smallest absolute Gasteiger partial charge is 0.208 e. The van der Waals surface area contributed by atoms with E-state index >= 15 is 0 Å². The van der Waals surface area contributed by atoms with Gasteiger partial charge in [-0.05, 0) is 19.1 Å². The van der Waals surface area contributed by atoms with Crippen LogP contribution in [0.3, 0.4) is 0 Å². The zero-order valence-corrected chi connectivity index (χ0v) is 12.8. The Morgan fingerprint density at radius 3 is 2.67 bits per heavy atom. The second-order valence-electron chi connectivity index (χ2n) is 3.87. The topological polar surface area (TPSA) is 46.1 Å². The summed E-state index contributed by atoms with van der Waals surface area (Å²) in [5.41, 5.74) is 0. The lowest BCUT2D eigenvalue weighted by atomic mass is 10.3. The van der Waals surface area contributed by atoms with Gasteiger partial charge in [-0.1, -0.05) is 23.1 Å². The number of Topliss-reactive ketones (excluding diaryl/α,β-unsaturated/α-hetero) is 1. The van der Waals surface area contributed by atoms with Crippen LogP contribution >= 0.6 is 34.4 Å². The molecule has 0 N–H and O–H groups in total. The van der Waals surface area contributed by atoms with Crippen LogP contribution in [0.5, 0.6) is 0 Å². The average molecular weight is 299 g/mol. The molecule has 0 aliphatic carbocycles. The number of aryl methyl sites for hydroxylation is 1. The standard InChI is InChI=1S/C11H13N3OS3/c1-7-4-5-9(17-7)8(15)6-16-11-13-12-10(18-11)14(2)3/h4-5H,6H2,1-3H3. The molecule has 0 aromatic carbocycles. The molecule has 0 fully saturated rings. The summed E-state index contributed by atoms with van der Waals surface area (Å²) in [6.45, 7) is 2.00. The number of thiophene rings is 1. The summed E-state index contributed by atoms with van der Waals surface area (Å²) in [6.07, 6.45) is 0. The van der Waals surface area contributed by atoms with Gasteiger partial charge in [0.05, 0.1) is 10.6 Å². The Bertz CT molecular complexity index is 547. The predicted molar refractivity (Wildman–Crippen MR) is 78.3 cm³/mol. The first-order chi connectivity index (χ1) is 8.56.